The van der Waals surface area contributed by atoms with Crippen molar-refractivity contribution in [3.05, 3.63) is 49.4 Å². The molecule has 1 heterocycles. The Morgan fingerprint density at radius 3 is 2.95 bits per heavy atom. The number of esters is 1. The van der Waals surface area contributed by atoms with Crippen LogP contribution in [0.2, 0.25) is 5.02 Å². The molecule has 1 aromatic heterocycles. The van der Waals surface area contributed by atoms with Gasteiger partial charge in [0.1, 0.15) is 6.61 Å². The summed E-state index contributed by atoms with van der Waals surface area (Å²) in [5.41, 5.74) is 1.80. The van der Waals surface area contributed by atoms with Gasteiger partial charge in [-0.05, 0) is 36.8 Å². The molecule has 0 spiro atoms. The summed E-state index contributed by atoms with van der Waals surface area (Å²) in [6.45, 7) is 2.13. The molecule has 100 valence electrons. The second-order valence-corrected chi connectivity index (χ2v) is 6.24. The lowest BCUT2D eigenvalue weighted by Gasteiger charge is -2.04. The minimum atomic E-state index is -0.270. The van der Waals surface area contributed by atoms with Crippen molar-refractivity contribution in [1.29, 1.82) is 0 Å². The van der Waals surface area contributed by atoms with Gasteiger partial charge in [0.05, 0.1) is 6.42 Å². The summed E-state index contributed by atoms with van der Waals surface area (Å²) in [5, 5.41) is 0.632. The molecule has 0 fully saturated rings. The van der Waals surface area contributed by atoms with Gasteiger partial charge in [0, 0.05) is 15.6 Å². The second-order valence-electron chi connectivity index (χ2n) is 4.03. The van der Waals surface area contributed by atoms with Crippen molar-refractivity contribution in [2.45, 2.75) is 20.0 Å². The Bertz CT molecular complexity index is 648. The van der Waals surface area contributed by atoms with E-state index in [4.69, 9.17) is 28.6 Å². The van der Waals surface area contributed by atoms with Gasteiger partial charge in [-0.2, -0.15) is 0 Å². The smallest absolute Gasteiger partial charge is 0.311 e. The molecule has 0 unspecified atom stereocenters. The first-order valence-electron chi connectivity index (χ1n) is 5.63. The molecule has 2 rings (SSSR count). The minimum Gasteiger partial charge on any atom is -0.461 e. The van der Waals surface area contributed by atoms with Gasteiger partial charge in [0.15, 0.2) is 3.95 Å². The fraction of sp³-hybridized carbons (Fsp3) is 0.231. The number of hydrogen-bond donors (Lipinski definition) is 1. The number of aromatic nitrogens is 1. The third-order valence-corrected chi connectivity index (χ3v) is 4.09. The molecule has 0 radical (unpaired) electrons. The summed E-state index contributed by atoms with van der Waals surface area (Å²) in [5.74, 6) is -0.270. The van der Waals surface area contributed by atoms with Crippen molar-refractivity contribution in [1.82, 2.24) is 4.98 Å². The zero-order chi connectivity index (χ0) is 13.8. The highest BCUT2D eigenvalue weighted by Crippen LogP contribution is 2.16. The van der Waals surface area contributed by atoms with Crippen LogP contribution in [0.5, 0.6) is 0 Å². The Kier molecular flexibility index (Phi) is 4.74. The highest BCUT2D eigenvalue weighted by Gasteiger charge is 2.10. The largest absolute Gasteiger partial charge is 0.461 e. The maximum atomic E-state index is 11.7. The quantitative estimate of drug-likeness (QED) is 0.684. The Labute approximate surface area is 125 Å². The topological polar surface area (TPSA) is 42.1 Å². The maximum absolute atomic E-state index is 11.7. The van der Waals surface area contributed by atoms with Crippen molar-refractivity contribution in [3.8, 4) is 0 Å². The molecule has 0 aliphatic carbocycles. The number of rotatable bonds is 4. The molecule has 1 N–H and O–H groups in total. The Hall–Kier alpha value is -1.17. The van der Waals surface area contributed by atoms with E-state index < -0.39 is 0 Å². The molecule has 0 atom stereocenters. The van der Waals surface area contributed by atoms with E-state index in [-0.39, 0.29) is 19.0 Å². The normalized spacial score (nSPS) is 10.4. The summed E-state index contributed by atoms with van der Waals surface area (Å²) in [6.07, 6.45) is 0.240. The van der Waals surface area contributed by atoms with E-state index in [9.17, 15) is 4.79 Å². The molecular weight excluding hydrogens is 302 g/mol. The number of carbonyl (C=O) groups is 1. The number of aromatic amines is 1. The van der Waals surface area contributed by atoms with Crippen molar-refractivity contribution < 1.29 is 9.53 Å². The van der Waals surface area contributed by atoms with Gasteiger partial charge in [-0.25, -0.2) is 0 Å². The fourth-order valence-corrected chi connectivity index (χ4v) is 3.07. The van der Waals surface area contributed by atoms with Crippen LogP contribution < -0.4 is 0 Å². The highest BCUT2D eigenvalue weighted by atomic mass is 35.5. The van der Waals surface area contributed by atoms with Crippen LogP contribution in [0.25, 0.3) is 0 Å². The van der Waals surface area contributed by atoms with Gasteiger partial charge in [-0.3, -0.25) is 4.79 Å². The van der Waals surface area contributed by atoms with E-state index in [1.165, 1.54) is 11.3 Å². The number of H-pyrrole nitrogens is 1. The number of halogens is 1. The summed E-state index contributed by atoms with van der Waals surface area (Å²) in [4.78, 5) is 15.7. The van der Waals surface area contributed by atoms with Gasteiger partial charge >= 0.3 is 5.97 Å². The predicted molar refractivity (Wildman–Crippen MR) is 79.2 cm³/mol. The predicted octanol–water partition coefficient (Wildman–Crippen LogP) is 4.05. The van der Waals surface area contributed by atoms with Crippen molar-refractivity contribution >= 4 is 41.1 Å². The van der Waals surface area contributed by atoms with Crippen LogP contribution >= 0.6 is 35.2 Å². The maximum Gasteiger partial charge on any atom is 0.311 e. The molecular formula is C13H12ClNO2S2. The van der Waals surface area contributed by atoms with Crippen LogP contribution in [0.1, 0.15) is 16.1 Å². The summed E-state index contributed by atoms with van der Waals surface area (Å²) in [6, 6.07) is 7.25. The number of nitrogens with one attached hydrogen (secondary N) is 1. The van der Waals surface area contributed by atoms with Gasteiger partial charge in [0.25, 0.3) is 0 Å². The molecule has 3 nitrogen and oxygen atoms in total. The number of carbonyl (C=O) groups excluding carboxylic acids is 1. The molecule has 19 heavy (non-hydrogen) atoms. The lowest BCUT2D eigenvalue weighted by atomic mass is 10.2. The first kappa shape index (κ1) is 14.2. The molecule has 0 aliphatic rings. The number of aryl methyl sites for hydroxylation is 1. The zero-order valence-corrected chi connectivity index (χ0v) is 12.6. The standard InChI is InChI=1S/C13H12ClNO2S2/c1-8-11(19-13(18)15-8)6-12(16)17-7-9-3-2-4-10(14)5-9/h2-5H,6-7H2,1H3,(H,15,18). The average molecular weight is 314 g/mol. The lowest BCUT2D eigenvalue weighted by molar-refractivity contribution is -0.144. The fourth-order valence-electron chi connectivity index (χ4n) is 1.58. The van der Waals surface area contributed by atoms with Gasteiger partial charge < -0.3 is 9.72 Å². The van der Waals surface area contributed by atoms with Crippen molar-refractivity contribution in [2.75, 3.05) is 0 Å². The number of hydrogen-bond acceptors (Lipinski definition) is 4. The SMILES string of the molecule is Cc1[nH]c(=S)sc1CC(=O)OCc1cccc(Cl)c1. The van der Waals surface area contributed by atoms with Gasteiger partial charge in [0.2, 0.25) is 0 Å². The third kappa shape index (κ3) is 4.16. The molecule has 0 saturated heterocycles. The summed E-state index contributed by atoms with van der Waals surface area (Å²) < 4.78 is 5.89. The monoisotopic (exact) mass is 313 g/mol. The van der Waals surface area contributed by atoms with E-state index in [0.29, 0.717) is 8.98 Å². The van der Waals surface area contributed by atoms with Crippen molar-refractivity contribution in [3.63, 3.8) is 0 Å². The molecule has 0 amide bonds. The lowest BCUT2D eigenvalue weighted by Crippen LogP contribution is -2.07. The molecule has 2 aromatic rings. The molecule has 0 bridgehead atoms. The molecule has 6 heteroatoms. The second kappa shape index (κ2) is 6.32. The van der Waals surface area contributed by atoms with Crippen LogP contribution in [0.4, 0.5) is 0 Å². The van der Waals surface area contributed by atoms with E-state index in [1.54, 1.807) is 12.1 Å². The number of ether oxygens (including phenoxy) is 1. The van der Waals surface area contributed by atoms with Crippen LogP contribution in [-0.2, 0) is 22.6 Å². The molecule has 0 saturated carbocycles. The van der Waals surface area contributed by atoms with Gasteiger partial charge in [-0.15, -0.1) is 11.3 Å². The zero-order valence-electron chi connectivity index (χ0n) is 10.2. The van der Waals surface area contributed by atoms with E-state index in [2.05, 4.69) is 4.98 Å². The van der Waals surface area contributed by atoms with Crippen molar-refractivity contribution in [2.24, 2.45) is 0 Å². The molecule has 0 aliphatic heterocycles. The van der Waals surface area contributed by atoms with Crippen LogP contribution in [0.15, 0.2) is 24.3 Å². The summed E-state index contributed by atoms with van der Waals surface area (Å²) in [7, 11) is 0. The first-order valence-corrected chi connectivity index (χ1v) is 7.23. The number of thiazole rings is 1. The van der Waals surface area contributed by atoms with Crippen LogP contribution in [-0.4, -0.2) is 11.0 Å². The molecule has 1 aromatic carbocycles. The third-order valence-electron chi connectivity index (χ3n) is 2.52. The first-order chi connectivity index (χ1) is 9.04. The van der Waals surface area contributed by atoms with E-state index >= 15 is 0 Å². The summed E-state index contributed by atoms with van der Waals surface area (Å²) >= 11 is 12.3. The van der Waals surface area contributed by atoms with E-state index in [0.717, 1.165) is 16.1 Å². The average Bonchev–Trinajstić information content (AvgIpc) is 2.65. The number of benzene rings is 1. The van der Waals surface area contributed by atoms with E-state index in [1.807, 2.05) is 19.1 Å². The van der Waals surface area contributed by atoms with Crippen LogP contribution in [0.3, 0.4) is 0 Å². The minimum absolute atomic E-state index is 0.230. The Morgan fingerprint density at radius 2 is 2.32 bits per heavy atom. The Balaban J connectivity index is 1.92. The highest BCUT2D eigenvalue weighted by molar-refractivity contribution is 7.73. The van der Waals surface area contributed by atoms with Crippen LogP contribution in [0, 0.1) is 10.9 Å². The van der Waals surface area contributed by atoms with Gasteiger partial charge in [-0.1, -0.05) is 23.7 Å². The Morgan fingerprint density at radius 1 is 1.53 bits per heavy atom.